The van der Waals surface area contributed by atoms with E-state index in [2.05, 4.69) is 0 Å². The zero-order valence-corrected chi connectivity index (χ0v) is 20.3. The predicted octanol–water partition coefficient (Wildman–Crippen LogP) is 3.38. The number of nitrogens with zero attached hydrogens (tertiary/aromatic N) is 3. The van der Waals surface area contributed by atoms with Crippen LogP contribution in [-0.2, 0) is 26.0 Å². The molecule has 1 aliphatic heterocycles. The third kappa shape index (κ3) is 5.47. The first-order valence-electron chi connectivity index (χ1n) is 10.1. The van der Waals surface area contributed by atoms with Crippen molar-refractivity contribution in [2.45, 2.75) is 30.3 Å². The van der Waals surface area contributed by atoms with Gasteiger partial charge in [-0.15, -0.1) is 0 Å². The van der Waals surface area contributed by atoms with Gasteiger partial charge in [-0.25, -0.2) is 8.42 Å². The van der Waals surface area contributed by atoms with Crippen molar-refractivity contribution in [2.24, 2.45) is 0 Å². The minimum Gasteiger partial charge on any atom is -0.468 e. The molecule has 0 unspecified atom stereocenters. The molecule has 1 heterocycles. The summed E-state index contributed by atoms with van der Waals surface area (Å²) in [5.74, 6) is -0.455. The average Bonchev–Trinajstić information content (AvgIpc) is 2.79. The number of nitro groups is 1. The Morgan fingerprint density at radius 2 is 1.91 bits per heavy atom. The highest BCUT2D eigenvalue weighted by Gasteiger charge is 2.40. The number of rotatable bonds is 7. The van der Waals surface area contributed by atoms with E-state index in [1.807, 2.05) is 4.90 Å². The molecule has 2 aromatic rings. The fourth-order valence-corrected chi connectivity index (χ4v) is 6.04. The first-order valence-corrected chi connectivity index (χ1v) is 12.3. The quantitative estimate of drug-likeness (QED) is 0.315. The minimum absolute atomic E-state index is 0.0599. The molecule has 1 fully saturated rings. The van der Waals surface area contributed by atoms with Crippen molar-refractivity contribution in [3.8, 4) is 0 Å². The van der Waals surface area contributed by atoms with Crippen molar-refractivity contribution in [1.29, 1.82) is 0 Å². The maximum atomic E-state index is 13.2. The van der Waals surface area contributed by atoms with E-state index in [1.54, 1.807) is 25.1 Å². The molecule has 0 N–H and O–H groups in total. The van der Waals surface area contributed by atoms with Gasteiger partial charge in [0.05, 0.1) is 22.1 Å². The van der Waals surface area contributed by atoms with Crippen molar-refractivity contribution in [1.82, 2.24) is 9.21 Å². The van der Waals surface area contributed by atoms with Gasteiger partial charge < -0.3 is 4.74 Å². The normalized spacial score (nSPS) is 18.6. The van der Waals surface area contributed by atoms with Crippen molar-refractivity contribution >= 4 is 44.9 Å². The Bertz CT molecular complexity index is 1160. The highest BCUT2D eigenvalue weighted by atomic mass is 35.5. The van der Waals surface area contributed by atoms with Crippen molar-refractivity contribution in [3.05, 3.63) is 68.2 Å². The molecule has 12 heteroatoms. The van der Waals surface area contributed by atoms with Gasteiger partial charge in [0.2, 0.25) is 10.0 Å². The monoisotopic (exact) mass is 515 g/mol. The van der Waals surface area contributed by atoms with E-state index in [9.17, 15) is 23.3 Å². The fraction of sp³-hybridized carbons (Fsp3) is 0.381. The summed E-state index contributed by atoms with van der Waals surface area (Å²) in [6.45, 7) is 2.24. The third-order valence-corrected chi connectivity index (χ3v) is 8.37. The lowest BCUT2D eigenvalue weighted by Crippen LogP contribution is -2.58. The number of hydrogen-bond donors (Lipinski definition) is 0. The molecule has 33 heavy (non-hydrogen) atoms. The Morgan fingerprint density at radius 3 is 2.52 bits per heavy atom. The van der Waals surface area contributed by atoms with Crippen LogP contribution in [0.1, 0.15) is 12.5 Å². The molecular weight excluding hydrogens is 493 g/mol. The van der Waals surface area contributed by atoms with Crippen molar-refractivity contribution in [3.63, 3.8) is 0 Å². The number of ether oxygens (including phenoxy) is 1. The first-order chi connectivity index (χ1) is 15.6. The Hall–Kier alpha value is -2.24. The molecule has 0 saturated carbocycles. The summed E-state index contributed by atoms with van der Waals surface area (Å²) in [6, 6.07) is 9.16. The Morgan fingerprint density at radius 1 is 1.21 bits per heavy atom. The van der Waals surface area contributed by atoms with Crippen LogP contribution >= 0.6 is 23.2 Å². The van der Waals surface area contributed by atoms with Gasteiger partial charge in [-0.05, 0) is 37.1 Å². The minimum atomic E-state index is -4.11. The molecule has 0 amide bonds. The van der Waals surface area contributed by atoms with Crippen LogP contribution in [0.4, 0.5) is 5.69 Å². The summed E-state index contributed by atoms with van der Waals surface area (Å²) in [7, 11) is -2.82. The predicted molar refractivity (Wildman–Crippen MR) is 124 cm³/mol. The third-order valence-electron chi connectivity index (χ3n) is 5.57. The molecule has 0 bridgehead atoms. The Kier molecular flexibility index (Phi) is 7.96. The largest absolute Gasteiger partial charge is 0.468 e. The topological polar surface area (TPSA) is 110 Å². The number of halogens is 2. The SMILES string of the molecule is COC(=O)[C@H](Cc1ccc(Cl)c(Cl)c1)N1CCN(S(=O)(=O)c2ccccc2[N+](=O)[O-])[C@@H](C)C1. The van der Waals surface area contributed by atoms with Crippen LogP contribution in [0.2, 0.25) is 10.0 Å². The molecule has 1 aliphatic rings. The number of methoxy groups -OCH3 is 1. The van der Waals surface area contributed by atoms with Crippen molar-refractivity contribution in [2.75, 3.05) is 26.7 Å². The summed E-state index contributed by atoms with van der Waals surface area (Å²) in [4.78, 5) is 24.7. The van der Waals surface area contributed by atoms with E-state index in [0.29, 0.717) is 16.5 Å². The fourth-order valence-electron chi connectivity index (χ4n) is 3.95. The number of carbonyl (C=O) groups is 1. The highest BCUT2D eigenvalue weighted by molar-refractivity contribution is 7.89. The summed E-state index contributed by atoms with van der Waals surface area (Å²) >= 11 is 12.1. The van der Waals surface area contributed by atoms with E-state index < -0.39 is 38.7 Å². The van der Waals surface area contributed by atoms with E-state index in [4.69, 9.17) is 27.9 Å². The molecule has 178 valence electrons. The molecule has 2 aromatic carbocycles. The molecule has 0 radical (unpaired) electrons. The molecule has 0 aliphatic carbocycles. The van der Waals surface area contributed by atoms with E-state index >= 15 is 0 Å². The summed E-state index contributed by atoms with van der Waals surface area (Å²) < 4.78 is 32.7. The number of hydrogen-bond acceptors (Lipinski definition) is 7. The van der Waals surface area contributed by atoms with Gasteiger partial charge >= 0.3 is 5.97 Å². The van der Waals surface area contributed by atoms with Crippen LogP contribution in [0.25, 0.3) is 0 Å². The van der Waals surface area contributed by atoms with Crippen LogP contribution in [0.5, 0.6) is 0 Å². The van der Waals surface area contributed by atoms with Gasteiger partial charge in [-0.1, -0.05) is 41.4 Å². The molecule has 3 rings (SSSR count). The van der Waals surface area contributed by atoms with Gasteiger partial charge in [0.15, 0.2) is 4.90 Å². The second kappa shape index (κ2) is 10.4. The summed E-state index contributed by atoms with van der Waals surface area (Å²) in [5, 5.41) is 12.1. The van der Waals surface area contributed by atoms with Crippen LogP contribution in [0.15, 0.2) is 47.4 Å². The van der Waals surface area contributed by atoms with Crippen LogP contribution in [0.3, 0.4) is 0 Å². The Labute approximate surface area is 202 Å². The van der Waals surface area contributed by atoms with E-state index in [0.717, 1.165) is 5.56 Å². The van der Waals surface area contributed by atoms with Crippen LogP contribution in [0, 0.1) is 10.1 Å². The Balaban J connectivity index is 1.83. The lowest BCUT2D eigenvalue weighted by molar-refractivity contribution is -0.387. The average molecular weight is 516 g/mol. The van der Waals surface area contributed by atoms with Gasteiger partial charge in [0.25, 0.3) is 5.69 Å². The molecule has 0 aromatic heterocycles. The second-order valence-electron chi connectivity index (χ2n) is 7.68. The van der Waals surface area contributed by atoms with E-state index in [-0.39, 0.29) is 24.5 Å². The number of carbonyl (C=O) groups excluding carboxylic acids is 1. The first kappa shape index (κ1) is 25.4. The lowest BCUT2D eigenvalue weighted by atomic mass is 10.0. The number of sulfonamides is 1. The summed E-state index contributed by atoms with van der Waals surface area (Å²) in [5.41, 5.74) is 0.307. The lowest BCUT2D eigenvalue weighted by Gasteiger charge is -2.41. The maximum absolute atomic E-state index is 13.2. The number of esters is 1. The smallest absolute Gasteiger partial charge is 0.323 e. The molecular formula is C21H23Cl2N3O6S. The van der Waals surface area contributed by atoms with Crippen molar-refractivity contribution < 1.29 is 22.9 Å². The van der Waals surface area contributed by atoms with Crippen LogP contribution in [-0.4, -0.2) is 67.3 Å². The number of nitro benzene ring substituents is 1. The number of benzene rings is 2. The van der Waals surface area contributed by atoms with Crippen LogP contribution < -0.4 is 0 Å². The second-order valence-corrected chi connectivity index (χ2v) is 10.3. The highest BCUT2D eigenvalue weighted by Crippen LogP contribution is 2.30. The maximum Gasteiger partial charge on any atom is 0.323 e. The van der Waals surface area contributed by atoms with Gasteiger partial charge in [-0.3, -0.25) is 19.8 Å². The van der Waals surface area contributed by atoms with Gasteiger partial charge in [0.1, 0.15) is 6.04 Å². The molecule has 1 saturated heterocycles. The van der Waals surface area contributed by atoms with Gasteiger partial charge in [-0.2, -0.15) is 4.31 Å². The molecule has 0 spiro atoms. The molecule has 2 atom stereocenters. The zero-order valence-electron chi connectivity index (χ0n) is 18.0. The molecule has 9 nitrogen and oxygen atoms in total. The van der Waals surface area contributed by atoms with Gasteiger partial charge in [0, 0.05) is 31.7 Å². The van der Waals surface area contributed by atoms with E-state index in [1.165, 1.54) is 35.7 Å². The zero-order chi connectivity index (χ0) is 24.3. The summed E-state index contributed by atoms with van der Waals surface area (Å²) in [6.07, 6.45) is 0.299. The standard InChI is InChI=1S/C21H23Cl2N3O6S/c1-14-13-24(19(21(27)32-2)12-15-7-8-16(22)17(23)11-15)9-10-25(14)33(30,31)20-6-4-3-5-18(20)26(28)29/h3-8,11,14,19H,9-10,12-13H2,1-2H3/t14-,19-/m0/s1. The number of para-hydroxylation sites is 1. The number of piperazine rings is 1.